The van der Waals surface area contributed by atoms with Gasteiger partial charge < -0.3 is 9.80 Å². The predicted molar refractivity (Wildman–Crippen MR) is 112 cm³/mol. The van der Waals surface area contributed by atoms with Gasteiger partial charge in [-0.2, -0.15) is 5.10 Å². The molecule has 0 atom stereocenters. The number of benzene rings is 1. The molecule has 28 heavy (non-hydrogen) atoms. The van der Waals surface area contributed by atoms with Crippen molar-refractivity contribution in [3.8, 4) is 0 Å². The van der Waals surface area contributed by atoms with E-state index in [4.69, 9.17) is 0 Å². The zero-order valence-electron chi connectivity index (χ0n) is 17.3. The van der Waals surface area contributed by atoms with E-state index in [-0.39, 0.29) is 5.91 Å². The van der Waals surface area contributed by atoms with Gasteiger partial charge in [-0.25, -0.2) is 4.98 Å². The maximum Gasteiger partial charge on any atom is 0.254 e. The summed E-state index contributed by atoms with van der Waals surface area (Å²) in [6.45, 7) is 11.3. The van der Waals surface area contributed by atoms with Crippen LogP contribution in [0, 0.1) is 27.7 Å². The number of hydrogen-bond acceptors (Lipinski definition) is 4. The first kappa shape index (κ1) is 18.5. The van der Waals surface area contributed by atoms with Crippen molar-refractivity contribution in [2.24, 2.45) is 7.05 Å². The lowest BCUT2D eigenvalue weighted by Gasteiger charge is -2.37. The number of piperazine rings is 1. The fraction of sp³-hybridized carbons (Fsp3) is 0.409. The second-order valence-electron chi connectivity index (χ2n) is 7.72. The molecule has 3 aromatic rings. The SMILES string of the molecule is Cc1cc(C(=O)N2CCN(c3cccc(C)c3C)CC2)c2c(C)nn(C)c2n1. The Labute approximate surface area is 165 Å². The molecule has 1 amide bonds. The summed E-state index contributed by atoms with van der Waals surface area (Å²) < 4.78 is 1.76. The molecule has 0 unspecified atom stereocenters. The molecule has 0 N–H and O–H groups in total. The molecule has 0 spiro atoms. The van der Waals surface area contributed by atoms with Crippen molar-refractivity contribution in [3.05, 3.63) is 52.3 Å². The number of hydrogen-bond donors (Lipinski definition) is 0. The quantitative estimate of drug-likeness (QED) is 0.688. The Hall–Kier alpha value is -2.89. The average molecular weight is 377 g/mol. The molecule has 146 valence electrons. The highest BCUT2D eigenvalue weighted by molar-refractivity contribution is 6.06. The zero-order chi connectivity index (χ0) is 20.0. The number of anilines is 1. The maximum atomic E-state index is 13.3. The van der Waals surface area contributed by atoms with E-state index in [9.17, 15) is 4.79 Å². The highest BCUT2D eigenvalue weighted by Gasteiger charge is 2.26. The highest BCUT2D eigenvalue weighted by atomic mass is 16.2. The van der Waals surface area contributed by atoms with Crippen LogP contribution >= 0.6 is 0 Å². The number of aryl methyl sites for hydroxylation is 4. The molecular formula is C22H27N5O. The van der Waals surface area contributed by atoms with Crippen molar-refractivity contribution >= 4 is 22.6 Å². The third kappa shape index (κ3) is 3.03. The minimum Gasteiger partial charge on any atom is -0.368 e. The minimum absolute atomic E-state index is 0.0761. The number of fused-ring (bicyclic) bond motifs is 1. The van der Waals surface area contributed by atoms with Gasteiger partial charge in [-0.3, -0.25) is 9.48 Å². The predicted octanol–water partition coefficient (Wildman–Crippen LogP) is 3.16. The molecular weight excluding hydrogens is 350 g/mol. The van der Waals surface area contributed by atoms with Crippen LogP contribution in [0.15, 0.2) is 24.3 Å². The summed E-state index contributed by atoms with van der Waals surface area (Å²) in [5, 5.41) is 5.33. The Morgan fingerprint density at radius 2 is 1.75 bits per heavy atom. The molecule has 2 aromatic heterocycles. The van der Waals surface area contributed by atoms with Crippen molar-refractivity contribution in [1.29, 1.82) is 0 Å². The van der Waals surface area contributed by atoms with Crippen molar-refractivity contribution in [2.75, 3.05) is 31.1 Å². The fourth-order valence-electron chi connectivity index (χ4n) is 4.14. The average Bonchev–Trinajstić information content (AvgIpc) is 2.96. The van der Waals surface area contributed by atoms with Crippen LogP contribution in [-0.4, -0.2) is 51.8 Å². The largest absolute Gasteiger partial charge is 0.368 e. The van der Waals surface area contributed by atoms with Crippen LogP contribution in [0.2, 0.25) is 0 Å². The van der Waals surface area contributed by atoms with Crippen molar-refractivity contribution < 1.29 is 4.79 Å². The monoisotopic (exact) mass is 377 g/mol. The van der Waals surface area contributed by atoms with Crippen LogP contribution in [0.5, 0.6) is 0 Å². The molecule has 1 aliphatic rings. The highest BCUT2D eigenvalue weighted by Crippen LogP contribution is 2.26. The summed E-state index contributed by atoms with van der Waals surface area (Å²) in [4.78, 5) is 22.3. The molecule has 6 heteroatoms. The van der Waals surface area contributed by atoms with Gasteiger partial charge in [0.25, 0.3) is 5.91 Å². The lowest BCUT2D eigenvalue weighted by atomic mass is 10.1. The zero-order valence-corrected chi connectivity index (χ0v) is 17.3. The van der Waals surface area contributed by atoms with Crippen molar-refractivity contribution in [1.82, 2.24) is 19.7 Å². The lowest BCUT2D eigenvalue weighted by molar-refractivity contribution is 0.0748. The van der Waals surface area contributed by atoms with Gasteiger partial charge in [0.1, 0.15) is 0 Å². The molecule has 0 radical (unpaired) electrons. The normalized spacial score (nSPS) is 14.8. The van der Waals surface area contributed by atoms with Gasteiger partial charge in [0.05, 0.1) is 16.6 Å². The first-order valence-electron chi connectivity index (χ1n) is 9.78. The molecule has 3 heterocycles. The third-order valence-electron chi connectivity index (χ3n) is 5.81. The number of carbonyl (C=O) groups is 1. The second kappa shape index (κ2) is 6.93. The summed E-state index contributed by atoms with van der Waals surface area (Å²) in [7, 11) is 1.87. The summed E-state index contributed by atoms with van der Waals surface area (Å²) >= 11 is 0. The summed E-state index contributed by atoms with van der Waals surface area (Å²) in [6.07, 6.45) is 0. The molecule has 0 saturated carbocycles. The van der Waals surface area contributed by atoms with Crippen LogP contribution in [0.25, 0.3) is 11.0 Å². The van der Waals surface area contributed by atoms with Crippen molar-refractivity contribution in [2.45, 2.75) is 27.7 Å². The Morgan fingerprint density at radius 1 is 1.04 bits per heavy atom. The molecule has 1 saturated heterocycles. The van der Waals surface area contributed by atoms with E-state index in [0.29, 0.717) is 18.7 Å². The van der Waals surface area contributed by atoms with Crippen LogP contribution in [0.4, 0.5) is 5.69 Å². The first-order valence-corrected chi connectivity index (χ1v) is 9.78. The minimum atomic E-state index is 0.0761. The Bertz CT molecular complexity index is 1060. The first-order chi connectivity index (χ1) is 13.4. The molecule has 1 fully saturated rings. The van der Waals surface area contributed by atoms with Crippen LogP contribution in [0.3, 0.4) is 0 Å². The molecule has 1 aliphatic heterocycles. The molecule has 6 nitrogen and oxygen atoms in total. The molecule has 0 bridgehead atoms. The van der Waals surface area contributed by atoms with Crippen molar-refractivity contribution in [3.63, 3.8) is 0 Å². The van der Waals surface area contributed by atoms with Gasteiger partial charge in [-0.05, 0) is 51.0 Å². The van der Waals surface area contributed by atoms with Gasteiger partial charge in [-0.15, -0.1) is 0 Å². The Morgan fingerprint density at radius 3 is 2.46 bits per heavy atom. The van der Waals surface area contributed by atoms with E-state index in [1.807, 2.05) is 31.9 Å². The summed E-state index contributed by atoms with van der Waals surface area (Å²) in [6, 6.07) is 8.33. The molecule has 0 aliphatic carbocycles. The van der Waals surface area contributed by atoms with Gasteiger partial charge in [-0.1, -0.05) is 12.1 Å². The summed E-state index contributed by atoms with van der Waals surface area (Å²) in [5.41, 5.74) is 7.08. The second-order valence-corrected chi connectivity index (χ2v) is 7.72. The van der Waals surface area contributed by atoms with E-state index in [2.05, 4.69) is 47.0 Å². The van der Waals surface area contributed by atoms with E-state index in [1.165, 1.54) is 16.8 Å². The Balaban J connectivity index is 1.58. The smallest absolute Gasteiger partial charge is 0.254 e. The van der Waals surface area contributed by atoms with E-state index in [0.717, 1.165) is 35.5 Å². The number of aromatic nitrogens is 3. The van der Waals surface area contributed by atoms with Gasteiger partial charge in [0.2, 0.25) is 0 Å². The van der Waals surface area contributed by atoms with Crippen LogP contribution in [-0.2, 0) is 7.05 Å². The maximum absolute atomic E-state index is 13.3. The van der Waals surface area contributed by atoms with Gasteiger partial charge in [0, 0.05) is 44.6 Å². The fourth-order valence-corrected chi connectivity index (χ4v) is 4.14. The Kier molecular flexibility index (Phi) is 4.57. The van der Waals surface area contributed by atoms with E-state index >= 15 is 0 Å². The molecule has 4 rings (SSSR count). The van der Waals surface area contributed by atoms with Gasteiger partial charge in [0.15, 0.2) is 5.65 Å². The number of amides is 1. The third-order valence-corrected chi connectivity index (χ3v) is 5.81. The number of nitrogens with zero attached hydrogens (tertiary/aromatic N) is 5. The molecule has 1 aromatic carbocycles. The standard InChI is InChI=1S/C22H27N5O/c1-14-7-6-8-19(16(14)3)26-9-11-27(12-10-26)22(28)18-13-15(2)23-21-20(18)17(4)24-25(21)5/h6-8,13H,9-12H2,1-5H3. The van der Waals surface area contributed by atoms with E-state index < -0.39 is 0 Å². The lowest BCUT2D eigenvalue weighted by Crippen LogP contribution is -2.49. The van der Waals surface area contributed by atoms with Crippen LogP contribution < -0.4 is 4.90 Å². The summed E-state index contributed by atoms with van der Waals surface area (Å²) in [5.74, 6) is 0.0761. The van der Waals surface area contributed by atoms with Gasteiger partial charge >= 0.3 is 0 Å². The van der Waals surface area contributed by atoms with Crippen LogP contribution in [0.1, 0.15) is 32.9 Å². The number of carbonyl (C=O) groups excluding carboxylic acids is 1. The number of rotatable bonds is 2. The topological polar surface area (TPSA) is 54.3 Å². The number of pyridine rings is 1. The van der Waals surface area contributed by atoms with E-state index in [1.54, 1.807) is 4.68 Å².